The molecule has 0 saturated carbocycles. The molecule has 0 atom stereocenters. The minimum absolute atomic E-state index is 0.150. The molecular formula is C15H11ClN2O3S. The van der Waals surface area contributed by atoms with Crippen molar-refractivity contribution in [3.8, 4) is 5.75 Å². The van der Waals surface area contributed by atoms with E-state index >= 15 is 0 Å². The minimum atomic E-state index is -0.184. The third-order valence-corrected chi connectivity index (χ3v) is 3.87. The van der Waals surface area contributed by atoms with Crippen LogP contribution in [-0.2, 0) is 4.79 Å². The fourth-order valence-electron chi connectivity index (χ4n) is 1.81. The number of aromatic nitrogens is 1. The summed E-state index contributed by atoms with van der Waals surface area (Å²) in [6.45, 7) is 0. The molecule has 0 spiro atoms. The van der Waals surface area contributed by atoms with Gasteiger partial charge in [-0.05, 0) is 42.5 Å². The van der Waals surface area contributed by atoms with Gasteiger partial charge in [0, 0.05) is 10.7 Å². The molecule has 2 aromatic carbocycles. The molecule has 2 N–H and O–H groups in total. The number of carbonyl (C=O) groups excluding carboxylic acids is 1. The van der Waals surface area contributed by atoms with Gasteiger partial charge in [0.15, 0.2) is 5.58 Å². The van der Waals surface area contributed by atoms with Crippen LogP contribution in [0.4, 0.5) is 5.69 Å². The maximum Gasteiger partial charge on any atom is 0.257 e. The Morgan fingerprint density at radius 2 is 2.05 bits per heavy atom. The number of benzene rings is 2. The number of nitrogens with zero attached hydrogens (tertiary/aromatic N) is 1. The Morgan fingerprint density at radius 1 is 1.27 bits per heavy atom. The molecule has 0 saturated heterocycles. The second-order valence-corrected chi connectivity index (χ2v) is 5.84. The zero-order valence-electron chi connectivity index (χ0n) is 11.2. The second kappa shape index (κ2) is 6.29. The Balaban J connectivity index is 1.61. The van der Waals surface area contributed by atoms with Gasteiger partial charge in [0.1, 0.15) is 11.3 Å². The van der Waals surface area contributed by atoms with Gasteiger partial charge < -0.3 is 14.8 Å². The van der Waals surface area contributed by atoms with Gasteiger partial charge in [-0.2, -0.15) is 0 Å². The molecule has 7 heteroatoms. The number of amides is 1. The van der Waals surface area contributed by atoms with Crippen LogP contribution in [0.2, 0.25) is 5.02 Å². The molecule has 0 aliphatic rings. The van der Waals surface area contributed by atoms with E-state index in [4.69, 9.17) is 16.0 Å². The van der Waals surface area contributed by atoms with E-state index < -0.39 is 0 Å². The van der Waals surface area contributed by atoms with Gasteiger partial charge in [0.25, 0.3) is 5.22 Å². The zero-order valence-corrected chi connectivity index (χ0v) is 12.8. The van der Waals surface area contributed by atoms with Gasteiger partial charge in [0.05, 0.1) is 5.75 Å². The summed E-state index contributed by atoms with van der Waals surface area (Å²) in [5.74, 6) is 0.134. The van der Waals surface area contributed by atoms with Gasteiger partial charge in [-0.25, -0.2) is 4.98 Å². The number of phenolic OH excluding ortho intramolecular Hbond substituents is 1. The van der Waals surface area contributed by atoms with Crippen molar-refractivity contribution >= 4 is 46.1 Å². The first-order valence-electron chi connectivity index (χ1n) is 6.38. The lowest BCUT2D eigenvalue weighted by atomic mass is 10.3. The van der Waals surface area contributed by atoms with Crippen LogP contribution < -0.4 is 5.32 Å². The Bertz CT molecular complexity index is 817. The summed E-state index contributed by atoms with van der Waals surface area (Å²) >= 11 is 7.09. The van der Waals surface area contributed by atoms with Crippen LogP contribution in [0.5, 0.6) is 5.75 Å². The number of halogens is 1. The van der Waals surface area contributed by atoms with Crippen molar-refractivity contribution < 1.29 is 14.3 Å². The van der Waals surface area contributed by atoms with Crippen LogP contribution in [-0.4, -0.2) is 21.8 Å². The lowest BCUT2D eigenvalue weighted by Crippen LogP contribution is -2.13. The third-order valence-electron chi connectivity index (χ3n) is 2.81. The number of hydrogen-bond donors (Lipinski definition) is 2. The van der Waals surface area contributed by atoms with Crippen LogP contribution in [0.1, 0.15) is 0 Å². The first kappa shape index (κ1) is 14.7. The van der Waals surface area contributed by atoms with E-state index in [0.717, 1.165) is 0 Å². The Kier molecular flexibility index (Phi) is 4.22. The number of rotatable bonds is 4. The van der Waals surface area contributed by atoms with Crippen molar-refractivity contribution in [2.24, 2.45) is 0 Å². The maximum atomic E-state index is 11.9. The van der Waals surface area contributed by atoms with Crippen LogP contribution in [0.25, 0.3) is 11.1 Å². The zero-order chi connectivity index (χ0) is 15.5. The number of hydrogen-bond acceptors (Lipinski definition) is 5. The van der Waals surface area contributed by atoms with Gasteiger partial charge in [0.2, 0.25) is 5.91 Å². The number of anilines is 1. The lowest BCUT2D eigenvalue weighted by molar-refractivity contribution is -0.113. The number of nitrogens with one attached hydrogen (secondary N) is 1. The minimum Gasteiger partial charge on any atom is -0.508 e. The fraction of sp³-hybridized carbons (Fsp3) is 0.0667. The average molecular weight is 335 g/mol. The quantitative estimate of drug-likeness (QED) is 0.558. The number of fused-ring (bicyclic) bond motifs is 1. The van der Waals surface area contributed by atoms with Gasteiger partial charge in [-0.15, -0.1) is 0 Å². The van der Waals surface area contributed by atoms with Crippen LogP contribution in [0, 0.1) is 0 Å². The van der Waals surface area contributed by atoms with Crippen molar-refractivity contribution in [2.45, 2.75) is 5.22 Å². The van der Waals surface area contributed by atoms with Gasteiger partial charge in [-0.3, -0.25) is 4.79 Å². The van der Waals surface area contributed by atoms with Crippen molar-refractivity contribution in [1.29, 1.82) is 0 Å². The molecule has 3 rings (SSSR count). The van der Waals surface area contributed by atoms with Crippen molar-refractivity contribution in [3.05, 3.63) is 47.5 Å². The second-order valence-electron chi connectivity index (χ2n) is 4.48. The highest BCUT2D eigenvalue weighted by Crippen LogP contribution is 2.25. The molecule has 112 valence electrons. The molecule has 0 bridgehead atoms. The van der Waals surface area contributed by atoms with Crippen LogP contribution in [0.3, 0.4) is 0 Å². The highest BCUT2D eigenvalue weighted by atomic mass is 35.5. The number of thioether (sulfide) groups is 1. The Hall–Kier alpha value is -2.18. The smallest absolute Gasteiger partial charge is 0.257 e. The largest absolute Gasteiger partial charge is 0.508 e. The summed E-state index contributed by atoms with van der Waals surface area (Å²) in [7, 11) is 0. The summed E-state index contributed by atoms with van der Waals surface area (Å²) in [5.41, 5.74) is 1.91. The summed E-state index contributed by atoms with van der Waals surface area (Å²) < 4.78 is 5.52. The predicted molar refractivity (Wildman–Crippen MR) is 86.5 cm³/mol. The third kappa shape index (κ3) is 3.52. The summed E-state index contributed by atoms with van der Waals surface area (Å²) in [6, 6.07) is 11.4. The van der Waals surface area contributed by atoms with Gasteiger partial charge >= 0.3 is 0 Å². The molecule has 0 unspecified atom stereocenters. The lowest BCUT2D eigenvalue weighted by Gasteiger charge is -2.03. The van der Waals surface area contributed by atoms with E-state index in [1.54, 1.807) is 30.3 Å². The molecule has 22 heavy (non-hydrogen) atoms. The van der Waals surface area contributed by atoms with E-state index in [0.29, 0.717) is 27.0 Å². The highest BCUT2D eigenvalue weighted by molar-refractivity contribution is 7.99. The number of oxazole rings is 1. The molecule has 0 aliphatic carbocycles. The van der Waals surface area contributed by atoms with Crippen LogP contribution >= 0.6 is 23.4 Å². The van der Waals surface area contributed by atoms with Crippen LogP contribution in [0.15, 0.2) is 52.1 Å². The van der Waals surface area contributed by atoms with Gasteiger partial charge in [-0.1, -0.05) is 23.4 Å². The van der Waals surface area contributed by atoms with E-state index in [1.807, 2.05) is 0 Å². The van der Waals surface area contributed by atoms with Crippen molar-refractivity contribution in [2.75, 3.05) is 11.1 Å². The van der Waals surface area contributed by atoms with E-state index in [1.165, 1.54) is 23.9 Å². The first-order chi connectivity index (χ1) is 10.6. The standard InChI is InChI=1S/C15H11ClN2O3S/c16-9-1-6-13-12(7-9)18-15(21-13)22-8-14(20)17-10-2-4-11(19)5-3-10/h1-7,19H,8H2,(H,17,20). The Morgan fingerprint density at radius 3 is 2.82 bits per heavy atom. The predicted octanol–water partition coefficient (Wildman–Crippen LogP) is 3.92. The Labute approximate surface area is 135 Å². The normalized spacial score (nSPS) is 10.8. The fourth-order valence-corrected chi connectivity index (χ4v) is 2.61. The molecule has 0 fully saturated rings. The molecule has 1 amide bonds. The van der Waals surface area contributed by atoms with E-state index in [9.17, 15) is 9.90 Å². The molecule has 5 nitrogen and oxygen atoms in total. The topological polar surface area (TPSA) is 75.4 Å². The monoisotopic (exact) mass is 334 g/mol. The molecule has 0 radical (unpaired) electrons. The average Bonchev–Trinajstić information content (AvgIpc) is 2.89. The van der Waals surface area contributed by atoms with Crippen molar-refractivity contribution in [3.63, 3.8) is 0 Å². The summed E-state index contributed by atoms with van der Waals surface area (Å²) in [4.78, 5) is 16.1. The first-order valence-corrected chi connectivity index (χ1v) is 7.74. The summed E-state index contributed by atoms with van der Waals surface area (Å²) in [5, 5.41) is 12.9. The number of carbonyl (C=O) groups is 1. The van der Waals surface area contributed by atoms with E-state index in [2.05, 4.69) is 10.3 Å². The molecule has 1 aromatic heterocycles. The molecule has 0 aliphatic heterocycles. The van der Waals surface area contributed by atoms with Crippen molar-refractivity contribution in [1.82, 2.24) is 4.98 Å². The molecular weight excluding hydrogens is 324 g/mol. The number of aromatic hydroxyl groups is 1. The molecule has 3 aromatic rings. The maximum absolute atomic E-state index is 11.9. The summed E-state index contributed by atoms with van der Waals surface area (Å²) in [6.07, 6.45) is 0. The number of phenols is 1. The molecule has 1 heterocycles. The highest BCUT2D eigenvalue weighted by Gasteiger charge is 2.10. The van der Waals surface area contributed by atoms with E-state index in [-0.39, 0.29) is 17.4 Å². The SMILES string of the molecule is O=C(CSc1nc2cc(Cl)ccc2o1)Nc1ccc(O)cc1.